The van der Waals surface area contributed by atoms with Crippen molar-refractivity contribution < 1.29 is 19.1 Å². The van der Waals surface area contributed by atoms with E-state index < -0.39 is 11.4 Å². The van der Waals surface area contributed by atoms with Gasteiger partial charge in [-0.05, 0) is 18.9 Å². The summed E-state index contributed by atoms with van der Waals surface area (Å²) in [5.41, 5.74) is -0.326. The SMILES string of the molecule is O=C(CN1C[C@H]2CN(C3CCCCC3)C[C@@]2(C(=O)O)C1)NCc1ccccc1F. The molecule has 0 radical (unpaired) electrons. The molecule has 0 bridgehead atoms. The molecule has 1 aromatic rings. The number of nitrogens with one attached hydrogen (secondary N) is 1. The Morgan fingerprint density at radius 2 is 1.90 bits per heavy atom. The maximum atomic E-state index is 13.7. The second kappa shape index (κ2) is 8.40. The first-order chi connectivity index (χ1) is 14.0. The van der Waals surface area contributed by atoms with Crippen LogP contribution in [0.15, 0.2) is 24.3 Å². The number of hydrogen-bond donors (Lipinski definition) is 2. The summed E-state index contributed by atoms with van der Waals surface area (Å²) in [6, 6.07) is 6.89. The van der Waals surface area contributed by atoms with E-state index in [0.717, 1.165) is 6.54 Å². The smallest absolute Gasteiger partial charge is 0.312 e. The fourth-order valence-electron chi connectivity index (χ4n) is 5.45. The number of amides is 1. The van der Waals surface area contributed by atoms with E-state index in [1.807, 2.05) is 4.90 Å². The molecule has 2 atom stereocenters. The van der Waals surface area contributed by atoms with Crippen molar-refractivity contribution in [2.45, 2.75) is 44.7 Å². The number of carbonyl (C=O) groups excluding carboxylic acids is 1. The minimum atomic E-state index is -0.775. The van der Waals surface area contributed by atoms with Gasteiger partial charge in [0.05, 0.1) is 12.0 Å². The fraction of sp³-hybridized carbons (Fsp3) is 0.636. The predicted octanol–water partition coefficient (Wildman–Crippen LogP) is 2.09. The zero-order chi connectivity index (χ0) is 20.4. The highest BCUT2D eigenvalue weighted by Gasteiger charge is 2.58. The van der Waals surface area contributed by atoms with Crippen molar-refractivity contribution in [2.24, 2.45) is 11.3 Å². The number of likely N-dealkylation sites (tertiary alicyclic amines) is 2. The van der Waals surface area contributed by atoms with Crippen molar-refractivity contribution in [1.82, 2.24) is 15.1 Å². The van der Waals surface area contributed by atoms with Crippen LogP contribution in [0.4, 0.5) is 4.39 Å². The Kier molecular flexibility index (Phi) is 5.88. The highest BCUT2D eigenvalue weighted by Crippen LogP contribution is 2.44. The molecule has 2 saturated heterocycles. The molecule has 4 rings (SSSR count). The maximum Gasteiger partial charge on any atom is 0.312 e. The Balaban J connectivity index is 1.33. The molecule has 2 aliphatic heterocycles. The minimum absolute atomic E-state index is 0.0568. The van der Waals surface area contributed by atoms with Gasteiger partial charge in [-0.2, -0.15) is 0 Å². The zero-order valence-electron chi connectivity index (χ0n) is 16.8. The van der Waals surface area contributed by atoms with Crippen molar-refractivity contribution in [2.75, 3.05) is 32.7 Å². The highest BCUT2D eigenvalue weighted by molar-refractivity contribution is 5.79. The van der Waals surface area contributed by atoms with Gasteiger partial charge in [0.1, 0.15) is 5.82 Å². The average molecular weight is 403 g/mol. The van der Waals surface area contributed by atoms with E-state index in [-0.39, 0.29) is 30.7 Å². The summed E-state index contributed by atoms with van der Waals surface area (Å²) in [5, 5.41) is 12.8. The van der Waals surface area contributed by atoms with E-state index >= 15 is 0 Å². The topological polar surface area (TPSA) is 72.9 Å². The number of fused-ring (bicyclic) bond motifs is 1. The third kappa shape index (κ3) is 4.16. The number of carbonyl (C=O) groups is 2. The van der Waals surface area contributed by atoms with Gasteiger partial charge in [-0.15, -0.1) is 0 Å². The van der Waals surface area contributed by atoms with Gasteiger partial charge >= 0.3 is 5.97 Å². The normalized spacial score (nSPS) is 28.4. The number of hydrogen-bond acceptors (Lipinski definition) is 4. The largest absolute Gasteiger partial charge is 0.481 e. The Morgan fingerprint density at radius 1 is 1.14 bits per heavy atom. The first-order valence-electron chi connectivity index (χ1n) is 10.7. The number of carboxylic acids is 1. The van der Waals surface area contributed by atoms with Gasteiger partial charge in [0.25, 0.3) is 0 Å². The van der Waals surface area contributed by atoms with Crippen molar-refractivity contribution >= 4 is 11.9 Å². The predicted molar refractivity (Wildman–Crippen MR) is 107 cm³/mol. The first kappa shape index (κ1) is 20.3. The molecule has 0 aromatic heterocycles. The third-order valence-electron chi connectivity index (χ3n) is 7.02. The molecule has 3 aliphatic rings. The molecular formula is C22H30FN3O3. The summed E-state index contributed by atoms with van der Waals surface area (Å²) < 4.78 is 13.7. The monoisotopic (exact) mass is 403 g/mol. The van der Waals surface area contributed by atoms with Crippen LogP contribution >= 0.6 is 0 Å². The van der Waals surface area contributed by atoms with Gasteiger partial charge in [-0.3, -0.25) is 19.4 Å². The van der Waals surface area contributed by atoms with Crippen molar-refractivity contribution in [3.63, 3.8) is 0 Å². The van der Waals surface area contributed by atoms with Crippen LogP contribution < -0.4 is 5.32 Å². The molecule has 1 saturated carbocycles. The molecule has 3 fully saturated rings. The van der Waals surface area contributed by atoms with E-state index in [4.69, 9.17) is 0 Å². The van der Waals surface area contributed by atoms with E-state index in [1.54, 1.807) is 18.2 Å². The van der Waals surface area contributed by atoms with E-state index in [1.165, 1.54) is 38.2 Å². The molecule has 0 spiro atoms. The molecule has 6 nitrogen and oxygen atoms in total. The van der Waals surface area contributed by atoms with Crippen LogP contribution in [0.25, 0.3) is 0 Å². The molecule has 29 heavy (non-hydrogen) atoms. The van der Waals surface area contributed by atoms with Crippen molar-refractivity contribution in [1.29, 1.82) is 0 Å². The van der Waals surface area contributed by atoms with Gasteiger partial charge in [-0.1, -0.05) is 37.5 Å². The van der Waals surface area contributed by atoms with Gasteiger partial charge in [0.2, 0.25) is 5.91 Å². The number of nitrogens with zero attached hydrogens (tertiary/aromatic N) is 2. The van der Waals surface area contributed by atoms with Crippen LogP contribution in [0.2, 0.25) is 0 Å². The van der Waals surface area contributed by atoms with Crippen molar-refractivity contribution in [3.05, 3.63) is 35.6 Å². The van der Waals surface area contributed by atoms with Crippen LogP contribution in [-0.4, -0.2) is 65.5 Å². The van der Waals surface area contributed by atoms with Crippen LogP contribution in [0, 0.1) is 17.2 Å². The minimum Gasteiger partial charge on any atom is -0.481 e. The lowest BCUT2D eigenvalue weighted by atomic mass is 9.81. The van der Waals surface area contributed by atoms with Crippen molar-refractivity contribution in [3.8, 4) is 0 Å². The number of halogens is 1. The standard InChI is InChI=1S/C22H30FN3O3/c23-19-9-5-4-6-16(19)10-24-20(27)13-25-11-17-12-26(18-7-2-1-3-8-18)15-22(17,14-25)21(28)29/h4-6,9,17-18H,1-3,7-8,10-15H2,(H,24,27)(H,28,29)/t17-,22-/m0/s1. The number of aliphatic carboxylic acids is 1. The van der Waals surface area contributed by atoms with Gasteiger partial charge < -0.3 is 10.4 Å². The maximum absolute atomic E-state index is 13.7. The number of carboxylic acid groups (broad SMARTS) is 1. The van der Waals surface area contributed by atoms with Crippen LogP contribution in [0.5, 0.6) is 0 Å². The number of benzene rings is 1. The van der Waals surface area contributed by atoms with Crippen LogP contribution in [0.1, 0.15) is 37.7 Å². The summed E-state index contributed by atoms with van der Waals surface area (Å²) in [6.45, 7) is 2.73. The second-order valence-electron chi connectivity index (χ2n) is 8.92. The van der Waals surface area contributed by atoms with Gasteiger partial charge in [0.15, 0.2) is 0 Å². The molecule has 158 valence electrons. The van der Waals surface area contributed by atoms with Crippen LogP contribution in [-0.2, 0) is 16.1 Å². The van der Waals surface area contributed by atoms with Gasteiger partial charge in [-0.25, -0.2) is 4.39 Å². The molecular weight excluding hydrogens is 373 g/mol. The quantitative estimate of drug-likeness (QED) is 0.761. The molecule has 1 amide bonds. The molecule has 7 heteroatoms. The molecule has 2 heterocycles. The van der Waals surface area contributed by atoms with E-state index in [9.17, 15) is 19.1 Å². The fourth-order valence-corrected chi connectivity index (χ4v) is 5.45. The Labute approximate surface area is 171 Å². The lowest BCUT2D eigenvalue weighted by molar-refractivity contribution is -0.149. The summed E-state index contributed by atoms with van der Waals surface area (Å²) in [7, 11) is 0. The molecule has 0 unspecified atom stereocenters. The van der Waals surface area contributed by atoms with E-state index in [2.05, 4.69) is 10.2 Å². The summed E-state index contributed by atoms with van der Waals surface area (Å²) in [6.07, 6.45) is 6.10. The summed E-state index contributed by atoms with van der Waals surface area (Å²) >= 11 is 0. The van der Waals surface area contributed by atoms with Crippen LogP contribution in [0.3, 0.4) is 0 Å². The lowest BCUT2D eigenvalue weighted by Gasteiger charge is -2.33. The zero-order valence-corrected chi connectivity index (χ0v) is 16.8. The first-order valence-corrected chi connectivity index (χ1v) is 10.7. The lowest BCUT2D eigenvalue weighted by Crippen LogP contribution is -2.45. The Bertz CT molecular complexity index is 767. The second-order valence-corrected chi connectivity index (χ2v) is 8.92. The van der Waals surface area contributed by atoms with E-state index in [0.29, 0.717) is 31.2 Å². The highest BCUT2D eigenvalue weighted by atomic mass is 19.1. The summed E-state index contributed by atoms with van der Waals surface area (Å²) in [4.78, 5) is 28.9. The average Bonchev–Trinajstić information content (AvgIpc) is 3.23. The molecule has 2 N–H and O–H groups in total. The summed E-state index contributed by atoms with van der Waals surface area (Å²) in [5.74, 6) is -1.22. The third-order valence-corrected chi connectivity index (χ3v) is 7.02. The Hall–Kier alpha value is -1.99. The molecule has 1 aliphatic carbocycles. The Morgan fingerprint density at radius 3 is 2.59 bits per heavy atom. The molecule has 1 aromatic carbocycles. The van der Waals surface area contributed by atoms with Gasteiger partial charge in [0, 0.05) is 50.2 Å². The number of rotatable bonds is 6.